The number of aryl methyl sites for hydroxylation is 2. The zero-order chi connectivity index (χ0) is 18.4. The molecule has 0 aliphatic carbocycles. The molecule has 132 valence electrons. The van der Waals surface area contributed by atoms with Gasteiger partial charge in [0.05, 0.1) is 18.2 Å². The molecule has 0 spiro atoms. The van der Waals surface area contributed by atoms with Crippen molar-refractivity contribution in [2.45, 2.75) is 33.6 Å². The number of aromatic nitrogens is 2. The molecule has 0 saturated heterocycles. The Morgan fingerprint density at radius 1 is 1.12 bits per heavy atom. The molecular formula is C19H22N2O4. The molecule has 0 N–H and O–H groups in total. The van der Waals surface area contributed by atoms with Gasteiger partial charge in [0.15, 0.2) is 5.78 Å². The molecule has 1 atom stereocenters. The van der Waals surface area contributed by atoms with E-state index in [1.165, 1.54) is 4.68 Å². The third kappa shape index (κ3) is 4.86. The second-order valence-corrected chi connectivity index (χ2v) is 5.88. The number of nitrogens with zero attached hydrogens (tertiary/aromatic N) is 2. The Kier molecular flexibility index (Phi) is 6.22. The first kappa shape index (κ1) is 18.6. The number of hydrogen-bond acceptors (Lipinski definition) is 5. The van der Waals surface area contributed by atoms with E-state index in [0.29, 0.717) is 11.3 Å². The number of ketones is 1. The van der Waals surface area contributed by atoms with Gasteiger partial charge in [-0.3, -0.25) is 14.4 Å². The van der Waals surface area contributed by atoms with Crippen LogP contribution in [0.1, 0.15) is 46.3 Å². The minimum Gasteiger partial charge on any atom is -0.466 e. The van der Waals surface area contributed by atoms with Crippen LogP contribution in [0.3, 0.4) is 0 Å². The smallest absolute Gasteiger partial charge is 0.309 e. The molecule has 6 heteroatoms. The van der Waals surface area contributed by atoms with Gasteiger partial charge in [0.2, 0.25) is 5.91 Å². The van der Waals surface area contributed by atoms with Gasteiger partial charge in [0, 0.05) is 24.1 Å². The molecule has 25 heavy (non-hydrogen) atoms. The van der Waals surface area contributed by atoms with Gasteiger partial charge in [0.25, 0.3) is 0 Å². The Morgan fingerprint density at radius 2 is 1.80 bits per heavy atom. The van der Waals surface area contributed by atoms with Gasteiger partial charge in [-0.15, -0.1) is 0 Å². The number of carbonyl (C=O) groups excluding carboxylic acids is 3. The van der Waals surface area contributed by atoms with Crippen molar-refractivity contribution in [3.05, 3.63) is 53.3 Å². The molecule has 0 bridgehead atoms. The van der Waals surface area contributed by atoms with E-state index < -0.39 is 11.9 Å². The minimum absolute atomic E-state index is 0.0755. The van der Waals surface area contributed by atoms with Gasteiger partial charge in [-0.1, -0.05) is 30.3 Å². The molecule has 0 amide bonds. The number of esters is 1. The van der Waals surface area contributed by atoms with Crippen molar-refractivity contribution < 1.29 is 19.1 Å². The van der Waals surface area contributed by atoms with Crippen LogP contribution in [0.2, 0.25) is 0 Å². The quantitative estimate of drug-likeness (QED) is 0.571. The van der Waals surface area contributed by atoms with Crippen LogP contribution in [0, 0.1) is 19.8 Å². The third-order valence-electron chi connectivity index (χ3n) is 3.81. The Bertz CT molecular complexity index is 765. The van der Waals surface area contributed by atoms with E-state index in [4.69, 9.17) is 4.74 Å². The number of hydrogen-bond donors (Lipinski definition) is 0. The summed E-state index contributed by atoms with van der Waals surface area (Å²) in [4.78, 5) is 37.1. The summed E-state index contributed by atoms with van der Waals surface area (Å²) < 4.78 is 6.31. The van der Waals surface area contributed by atoms with Crippen molar-refractivity contribution in [3.63, 3.8) is 0 Å². The third-order valence-corrected chi connectivity index (χ3v) is 3.81. The first-order chi connectivity index (χ1) is 11.9. The lowest BCUT2D eigenvalue weighted by Gasteiger charge is -2.14. The van der Waals surface area contributed by atoms with E-state index in [2.05, 4.69) is 5.10 Å². The van der Waals surface area contributed by atoms with Crippen LogP contribution in [0.25, 0.3) is 0 Å². The van der Waals surface area contributed by atoms with Crippen LogP contribution < -0.4 is 0 Å². The Balaban J connectivity index is 2.15. The highest BCUT2D eigenvalue weighted by atomic mass is 16.5. The maximum Gasteiger partial charge on any atom is 0.309 e. The van der Waals surface area contributed by atoms with Gasteiger partial charge in [-0.2, -0.15) is 5.10 Å². The van der Waals surface area contributed by atoms with Gasteiger partial charge in [0.1, 0.15) is 0 Å². The highest BCUT2D eigenvalue weighted by Gasteiger charge is 2.28. The van der Waals surface area contributed by atoms with Crippen LogP contribution in [0.4, 0.5) is 0 Å². The largest absolute Gasteiger partial charge is 0.466 e. The SMILES string of the molecule is CCOC(=O)[C@H](CC(=O)c1ccccc1)CC(=O)n1nc(C)cc1C. The fraction of sp³-hybridized carbons (Fsp3) is 0.368. The molecule has 1 aromatic heterocycles. The Hall–Kier alpha value is -2.76. The van der Waals surface area contributed by atoms with Crippen molar-refractivity contribution >= 4 is 17.7 Å². The summed E-state index contributed by atoms with van der Waals surface area (Å²) in [7, 11) is 0. The molecule has 0 saturated carbocycles. The summed E-state index contributed by atoms with van der Waals surface area (Å²) in [5.41, 5.74) is 1.92. The van der Waals surface area contributed by atoms with E-state index >= 15 is 0 Å². The lowest BCUT2D eigenvalue weighted by Crippen LogP contribution is -2.27. The van der Waals surface area contributed by atoms with Crippen LogP contribution in [0.5, 0.6) is 0 Å². The first-order valence-electron chi connectivity index (χ1n) is 8.23. The minimum atomic E-state index is -0.830. The Labute approximate surface area is 146 Å². The normalized spacial score (nSPS) is 11.8. The highest BCUT2D eigenvalue weighted by Crippen LogP contribution is 2.17. The van der Waals surface area contributed by atoms with Gasteiger partial charge in [-0.05, 0) is 26.8 Å². The zero-order valence-corrected chi connectivity index (χ0v) is 14.7. The lowest BCUT2D eigenvalue weighted by atomic mass is 9.95. The summed E-state index contributed by atoms with van der Waals surface area (Å²) in [6.07, 6.45) is -0.201. The average Bonchev–Trinajstić information content (AvgIpc) is 2.93. The molecule has 0 fully saturated rings. The fourth-order valence-corrected chi connectivity index (χ4v) is 2.64. The summed E-state index contributed by atoms with van der Waals surface area (Å²) in [6.45, 7) is 5.45. The molecule has 6 nitrogen and oxygen atoms in total. The Morgan fingerprint density at radius 3 is 2.36 bits per heavy atom. The summed E-state index contributed by atoms with van der Waals surface area (Å²) in [5.74, 6) is -1.89. The van der Waals surface area contributed by atoms with Crippen molar-refractivity contribution in [1.82, 2.24) is 9.78 Å². The van der Waals surface area contributed by atoms with Crippen LogP contribution in [-0.4, -0.2) is 34.0 Å². The molecule has 0 aliphatic rings. The maximum absolute atomic E-state index is 12.5. The second kappa shape index (κ2) is 8.37. The predicted octanol–water partition coefficient (Wildman–Crippen LogP) is 2.98. The molecule has 2 rings (SSSR count). The summed E-state index contributed by atoms with van der Waals surface area (Å²) in [6, 6.07) is 10.5. The second-order valence-electron chi connectivity index (χ2n) is 5.88. The first-order valence-corrected chi connectivity index (χ1v) is 8.23. The topological polar surface area (TPSA) is 78.3 Å². The predicted molar refractivity (Wildman–Crippen MR) is 92.5 cm³/mol. The van der Waals surface area contributed by atoms with Crippen molar-refractivity contribution in [2.75, 3.05) is 6.61 Å². The number of carbonyl (C=O) groups is 3. The van der Waals surface area contributed by atoms with E-state index in [9.17, 15) is 14.4 Å². The number of Topliss-reactive ketones (excluding diaryl/α,β-unsaturated/α-hetero) is 1. The van der Waals surface area contributed by atoms with Crippen LogP contribution in [0.15, 0.2) is 36.4 Å². The van der Waals surface area contributed by atoms with E-state index in [1.54, 1.807) is 51.1 Å². The van der Waals surface area contributed by atoms with Gasteiger partial charge < -0.3 is 4.74 Å². The van der Waals surface area contributed by atoms with Crippen molar-refractivity contribution in [2.24, 2.45) is 5.92 Å². The molecule has 2 aromatic rings. The number of ether oxygens (including phenoxy) is 1. The molecule has 0 aliphatic heterocycles. The van der Waals surface area contributed by atoms with E-state index in [0.717, 1.165) is 5.69 Å². The zero-order valence-electron chi connectivity index (χ0n) is 14.7. The van der Waals surface area contributed by atoms with E-state index in [-0.39, 0.29) is 31.1 Å². The molecular weight excluding hydrogens is 320 g/mol. The van der Waals surface area contributed by atoms with Crippen molar-refractivity contribution in [3.8, 4) is 0 Å². The number of benzene rings is 1. The van der Waals surface area contributed by atoms with Crippen molar-refractivity contribution in [1.29, 1.82) is 0 Å². The highest BCUT2D eigenvalue weighted by molar-refractivity contribution is 5.99. The molecule has 1 heterocycles. The van der Waals surface area contributed by atoms with E-state index in [1.807, 2.05) is 6.07 Å². The summed E-state index contributed by atoms with van der Waals surface area (Å²) >= 11 is 0. The standard InChI is InChI=1S/C19H22N2O4/c1-4-25-19(24)16(11-17(22)15-8-6-5-7-9-15)12-18(23)21-14(3)10-13(2)20-21/h5-10,16H,4,11-12H2,1-3H3/t16-/m1/s1. The number of rotatable bonds is 7. The fourth-order valence-electron chi connectivity index (χ4n) is 2.64. The summed E-state index contributed by atoms with van der Waals surface area (Å²) in [5, 5.41) is 4.14. The molecule has 0 unspecified atom stereocenters. The van der Waals surface area contributed by atoms with Gasteiger partial charge in [-0.25, -0.2) is 4.68 Å². The molecule has 1 aromatic carbocycles. The monoisotopic (exact) mass is 342 g/mol. The van der Waals surface area contributed by atoms with Crippen LogP contribution >= 0.6 is 0 Å². The van der Waals surface area contributed by atoms with Gasteiger partial charge >= 0.3 is 5.97 Å². The average molecular weight is 342 g/mol. The van der Waals surface area contributed by atoms with Crippen LogP contribution in [-0.2, 0) is 9.53 Å². The molecule has 0 radical (unpaired) electrons. The lowest BCUT2D eigenvalue weighted by molar-refractivity contribution is -0.147. The maximum atomic E-state index is 12.5.